The highest BCUT2D eigenvalue weighted by Gasteiger charge is 2.10. The fraction of sp³-hybridized carbons (Fsp3) is 0.182. The highest BCUT2D eigenvalue weighted by Crippen LogP contribution is 2.24. The Balaban J connectivity index is 2.90. The van der Waals surface area contributed by atoms with Gasteiger partial charge in [-0.05, 0) is 31.0 Å². The number of aryl methyl sites for hydroxylation is 2. The number of carbonyl (C=O) groups is 1. The number of H-pyrrole nitrogens is 1. The van der Waals surface area contributed by atoms with Crippen molar-refractivity contribution in [2.24, 2.45) is 5.73 Å². The molecule has 1 aromatic heterocycles. The Hall–Kier alpha value is -1.77. The molecule has 0 aliphatic rings. The van der Waals surface area contributed by atoms with Crippen molar-refractivity contribution < 1.29 is 4.79 Å². The molecule has 0 saturated carbocycles. The lowest BCUT2D eigenvalue weighted by Crippen LogP contribution is -2.11. The number of carbonyl (C=O) groups excluding carboxylic acids is 1. The number of amides is 1. The van der Waals surface area contributed by atoms with Crippen molar-refractivity contribution in [3.63, 3.8) is 0 Å². The molecule has 1 amide bonds. The summed E-state index contributed by atoms with van der Waals surface area (Å²) >= 11 is 0. The fourth-order valence-electron chi connectivity index (χ4n) is 1.82. The van der Waals surface area contributed by atoms with Gasteiger partial charge in [0, 0.05) is 11.6 Å². The smallest absolute Gasteiger partial charge is 0.250 e. The summed E-state index contributed by atoms with van der Waals surface area (Å²) in [5, 5.41) is 1.10. The lowest BCUT2D eigenvalue weighted by Gasteiger charge is -2.02. The van der Waals surface area contributed by atoms with Gasteiger partial charge in [-0.1, -0.05) is 6.07 Å². The first-order chi connectivity index (χ1) is 6.61. The van der Waals surface area contributed by atoms with Gasteiger partial charge in [-0.2, -0.15) is 0 Å². The van der Waals surface area contributed by atoms with Gasteiger partial charge in [-0.25, -0.2) is 0 Å². The predicted molar refractivity (Wildman–Crippen MR) is 56.3 cm³/mol. The van der Waals surface area contributed by atoms with Gasteiger partial charge in [0.2, 0.25) is 0 Å². The van der Waals surface area contributed by atoms with E-state index >= 15 is 0 Å². The van der Waals surface area contributed by atoms with Crippen molar-refractivity contribution in [3.05, 3.63) is 35.0 Å². The van der Waals surface area contributed by atoms with Crippen LogP contribution in [0, 0.1) is 13.8 Å². The molecule has 0 saturated heterocycles. The Labute approximate surface area is 81.9 Å². The van der Waals surface area contributed by atoms with E-state index in [9.17, 15) is 4.79 Å². The Morgan fingerprint density at radius 1 is 1.29 bits per heavy atom. The number of benzene rings is 1. The number of rotatable bonds is 1. The zero-order valence-corrected chi connectivity index (χ0v) is 8.22. The molecule has 3 nitrogen and oxygen atoms in total. The highest BCUT2D eigenvalue weighted by molar-refractivity contribution is 6.06. The van der Waals surface area contributed by atoms with Crippen molar-refractivity contribution in [2.45, 2.75) is 13.8 Å². The number of nitrogens with two attached hydrogens (primary N) is 1. The molecule has 3 N–H and O–H groups in total. The van der Waals surface area contributed by atoms with Crippen molar-refractivity contribution in [1.82, 2.24) is 4.98 Å². The lowest BCUT2D eigenvalue weighted by atomic mass is 10.0. The van der Waals surface area contributed by atoms with Crippen LogP contribution in [0.4, 0.5) is 0 Å². The van der Waals surface area contributed by atoms with Crippen LogP contribution in [0.2, 0.25) is 0 Å². The second kappa shape index (κ2) is 2.87. The molecule has 0 aliphatic heterocycles. The second-order valence-corrected chi connectivity index (χ2v) is 3.52. The van der Waals surface area contributed by atoms with Crippen LogP contribution in [-0.2, 0) is 0 Å². The largest absolute Gasteiger partial charge is 0.366 e. The van der Waals surface area contributed by atoms with E-state index in [4.69, 9.17) is 5.73 Å². The first-order valence-electron chi connectivity index (χ1n) is 4.48. The average Bonchev–Trinajstić information content (AvgIpc) is 2.49. The van der Waals surface area contributed by atoms with E-state index in [0.717, 1.165) is 22.0 Å². The summed E-state index contributed by atoms with van der Waals surface area (Å²) in [5.41, 5.74) is 8.97. The molecule has 72 valence electrons. The van der Waals surface area contributed by atoms with Gasteiger partial charge in [0.25, 0.3) is 5.91 Å². The standard InChI is InChI=1S/C11H12N2O/c1-6-3-4-8(11(12)14)10-9(6)7(2)5-13-10/h3-5,13H,1-2H3,(H2,12,14). The predicted octanol–water partition coefficient (Wildman–Crippen LogP) is 1.88. The molecular weight excluding hydrogens is 176 g/mol. The van der Waals surface area contributed by atoms with Gasteiger partial charge in [0.15, 0.2) is 0 Å². The van der Waals surface area contributed by atoms with Crippen LogP contribution in [0.5, 0.6) is 0 Å². The van der Waals surface area contributed by atoms with Crippen LogP contribution in [-0.4, -0.2) is 10.9 Å². The molecule has 14 heavy (non-hydrogen) atoms. The summed E-state index contributed by atoms with van der Waals surface area (Å²) in [5.74, 6) is -0.392. The molecule has 2 aromatic rings. The van der Waals surface area contributed by atoms with E-state index in [1.807, 2.05) is 26.1 Å². The molecule has 0 fully saturated rings. The van der Waals surface area contributed by atoms with Gasteiger partial charge in [-0.3, -0.25) is 4.79 Å². The summed E-state index contributed by atoms with van der Waals surface area (Å²) in [7, 11) is 0. The van der Waals surface area contributed by atoms with Crippen LogP contribution in [0.15, 0.2) is 18.3 Å². The molecule has 0 bridgehead atoms. The van der Waals surface area contributed by atoms with Crippen LogP contribution in [0.1, 0.15) is 21.5 Å². The molecule has 1 aromatic carbocycles. The van der Waals surface area contributed by atoms with E-state index in [1.54, 1.807) is 6.07 Å². The maximum atomic E-state index is 11.1. The summed E-state index contributed by atoms with van der Waals surface area (Å²) < 4.78 is 0. The maximum absolute atomic E-state index is 11.1. The number of primary amides is 1. The van der Waals surface area contributed by atoms with Gasteiger partial charge < -0.3 is 10.7 Å². The van der Waals surface area contributed by atoms with Crippen molar-refractivity contribution in [1.29, 1.82) is 0 Å². The summed E-state index contributed by atoms with van der Waals surface area (Å²) in [6.07, 6.45) is 1.89. The highest BCUT2D eigenvalue weighted by atomic mass is 16.1. The van der Waals surface area contributed by atoms with Crippen molar-refractivity contribution in [3.8, 4) is 0 Å². The Morgan fingerprint density at radius 3 is 2.64 bits per heavy atom. The molecule has 2 rings (SSSR count). The van der Waals surface area contributed by atoms with Crippen molar-refractivity contribution >= 4 is 16.8 Å². The van der Waals surface area contributed by atoms with E-state index < -0.39 is 5.91 Å². The van der Waals surface area contributed by atoms with Gasteiger partial charge in [0.05, 0.1) is 11.1 Å². The first kappa shape index (κ1) is 8.81. The Morgan fingerprint density at radius 2 is 2.00 bits per heavy atom. The van der Waals surface area contributed by atoms with Gasteiger partial charge in [0.1, 0.15) is 0 Å². The van der Waals surface area contributed by atoms with E-state index in [-0.39, 0.29) is 0 Å². The maximum Gasteiger partial charge on any atom is 0.250 e. The summed E-state index contributed by atoms with van der Waals surface area (Å²) in [4.78, 5) is 14.2. The molecule has 0 radical (unpaired) electrons. The fourth-order valence-corrected chi connectivity index (χ4v) is 1.82. The summed E-state index contributed by atoms with van der Waals surface area (Å²) in [6, 6.07) is 3.68. The third-order valence-electron chi connectivity index (χ3n) is 2.51. The number of hydrogen-bond acceptors (Lipinski definition) is 1. The zero-order valence-electron chi connectivity index (χ0n) is 8.22. The van der Waals surface area contributed by atoms with Crippen molar-refractivity contribution in [2.75, 3.05) is 0 Å². The number of nitrogens with one attached hydrogen (secondary N) is 1. The van der Waals surface area contributed by atoms with E-state index in [0.29, 0.717) is 5.56 Å². The quantitative estimate of drug-likeness (QED) is 0.705. The Bertz CT molecular complexity index is 511. The number of aromatic nitrogens is 1. The lowest BCUT2D eigenvalue weighted by molar-refractivity contribution is 0.100. The third-order valence-corrected chi connectivity index (χ3v) is 2.51. The SMILES string of the molecule is Cc1ccc(C(N)=O)c2[nH]cc(C)c12. The molecule has 1 heterocycles. The molecule has 0 aliphatic carbocycles. The summed E-state index contributed by atoms with van der Waals surface area (Å²) in [6.45, 7) is 4.03. The molecule has 0 unspecified atom stereocenters. The molecule has 0 atom stereocenters. The minimum absolute atomic E-state index is 0.392. The van der Waals surface area contributed by atoms with Crippen LogP contribution in [0.3, 0.4) is 0 Å². The molecular formula is C11H12N2O. The van der Waals surface area contributed by atoms with Crippen LogP contribution in [0.25, 0.3) is 10.9 Å². The monoisotopic (exact) mass is 188 g/mol. The minimum Gasteiger partial charge on any atom is -0.366 e. The minimum atomic E-state index is -0.392. The van der Waals surface area contributed by atoms with E-state index in [2.05, 4.69) is 4.98 Å². The molecule has 3 heteroatoms. The topological polar surface area (TPSA) is 58.9 Å². The molecule has 0 spiro atoms. The number of aromatic amines is 1. The van der Waals surface area contributed by atoms with E-state index in [1.165, 1.54) is 0 Å². The third kappa shape index (κ3) is 1.09. The van der Waals surface area contributed by atoms with Crippen LogP contribution >= 0.6 is 0 Å². The second-order valence-electron chi connectivity index (χ2n) is 3.52. The number of hydrogen-bond donors (Lipinski definition) is 2. The van der Waals surface area contributed by atoms with Gasteiger partial charge in [-0.15, -0.1) is 0 Å². The van der Waals surface area contributed by atoms with Crippen LogP contribution < -0.4 is 5.73 Å². The Kier molecular flexibility index (Phi) is 1.81. The average molecular weight is 188 g/mol. The zero-order chi connectivity index (χ0) is 10.3. The normalized spacial score (nSPS) is 10.7. The first-order valence-corrected chi connectivity index (χ1v) is 4.48. The number of fused-ring (bicyclic) bond motifs is 1. The van der Waals surface area contributed by atoms with Gasteiger partial charge >= 0.3 is 0 Å².